The van der Waals surface area contributed by atoms with Gasteiger partial charge in [0.05, 0.1) is 0 Å². The summed E-state index contributed by atoms with van der Waals surface area (Å²) in [5.74, 6) is 2.15. The minimum atomic E-state index is -0.421. The number of rotatable bonds is 7. The summed E-state index contributed by atoms with van der Waals surface area (Å²) >= 11 is 0. The second-order valence-corrected chi connectivity index (χ2v) is 6.82. The van der Waals surface area contributed by atoms with Gasteiger partial charge in [0.25, 0.3) is 0 Å². The molecule has 2 rings (SSSR count). The molecular formula is C19H32ClNO2. The largest absolute Gasteiger partial charge is 0.491 e. The van der Waals surface area contributed by atoms with Crippen LogP contribution in [-0.4, -0.2) is 42.4 Å². The molecule has 132 valence electrons. The zero-order valence-corrected chi connectivity index (χ0v) is 15.5. The van der Waals surface area contributed by atoms with Crippen LogP contribution in [0.4, 0.5) is 0 Å². The molecule has 1 fully saturated rings. The summed E-state index contributed by atoms with van der Waals surface area (Å²) in [5, 5.41) is 10.3. The van der Waals surface area contributed by atoms with Gasteiger partial charge in [-0.15, -0.1) is 12.4 Å². The number of piperidine rings is 1. The zero-order chi connectivity index (χ0) is 15.9. The maximum absolute atomic E-state index is 10.3. The number of ether oxygens (including phenoxy) is 1. The molecule has 1 aliphatic rings. The predicted molar refractivity (Wildman–Crippen MR) is 98.7 cm³/mol. The fraction of sp³-hybridized carbons (Fsp3) is 0.684. The van der Waals surface area contributed by atoms with Gasteiger partial charge in [-0.2, -0.15) is 0 Å². The molecule has 0 radical (unpaired) electrons. The lowest BCUT2D eigenvalue weighted by Crippen LogP contribution is -2.41. The summed E-state index contributed by atoms with van der Waals surface area (Å²) in [4.78, 5) is 2.36. The zero-order valence-electron chi connectivity index (χ0n) is 14.7. The molecule has 23 heavy (non-hydrogen) atoms. The van der Waals surface area contributed by atoms with Crippen LogP contribution < -0.4 is 4.74 Å². The number of likely N-dealkylation sites (tertiary alicyclic amines) is 1. The van der Waals surface area contributed by atoms with E-state index >= 15 is 0 Å². The van der Waals surface area contributed by atoms with E-state index in [4.69, 9.17) is 4.74 Å². The van der Waals surface area contributed by atoms with Gasteiger partial charge in [-0.1, -0.05) is 39.0 Å². The number of aliphatic hydroxyl groups is 1. The highest BCUT2D eigenvalue weighted by Gasteiger charge is 2.19. The van der Waals surface area contributed by atoms with Gasteiger partial charge in [0, 0.05) is 13.1 Å². The fourth-order valence-corrected chi connectivity index (χ4v) is 3.23. The SMILES string of the molecule is CCC(C)c1ccccc1OCC(O)CN1CCCC(C)C1.Cl. The van der Waals surface area contributed by atoms with Crippen molar-refractivity contribution < 1.29 is 9.84 Å². The quantitative estimate of drug-likeness (QED) is 0.810. The number of β-amino-alcohol motifs (C(OH)–C–C–N with tert-alkyl or cyclic N) is 1. The van der Waals surface area contributed by atoms with E-state index in [0.29, 0.717) is 12.5 Å². The molecule has 0 aromatic heterocycles. The van der Waals surface area contributed by atoms with Crippen molar-refractivity contribution in [2.45, 2.75) is 52.1 Å². The topological polar surface area (TPSA) is 32.7 Å². The second-order valence-electron chi connectivity index (χ2n) is 6.82. The summed E-state index contributed by atoms with van der Waals surface area (Å²) in [5.41, 5.74) is 1.24. The molecule has 4 heteroatoms. The predicted octanol–water partition coefficient (Wildman–Crippen LogP) is 4.09. The van der Waals surface area contributed by atoms with Crippen molar-refractivity contribution in [3.63, 3.8) is 0 Å². The molecule has 0 aliphatic carbocycles. The van der Waals surface area contributed by atoms with Gasteiger partial charge in [0.1, 0.15) is 18.5 Å². The first-order valence-electron chi connectivity index (χ1n) is 8.72. The lowest BCUT2D eigenvalue weighted by Gasteiger charge is -2.32. The van der Waals surface area contributed by atoms with E-state index in [2.05, 4.69) is 37.8 Å². The Kier molecular flexibility index (Phi) is 8.96. The van der Waals surface area contributed by atoms with E-state index in [1.165, 1.54) is 18.4 Å². The van der Waals surface area contributed by atoms with Gasteiger partial charge in [-0.05, 0) is 49.3 Å². The van der Waals surface area contributed by atoms with Crippen molar-refractivity contribution in [1.29, 1.82) is 0 Å². The molecule has 3 unspecified atom stereocenters. The standard InChI is InChI=1S/C19H31NO2.ClH/c1-4-16(3)18-9-5-6-10-19(18)22-14-17(21)13-20-11-7-8-15(2)12-20;/h5-6,9-10,15-17,21H,4,7-8,11-14H2,1-3H3;1H. The van der Waals surface area contributed by atoms with Crippen molar-refractivity contribution in [1.82, 2.24) is 4.90 Å². The Balaban J connectivity index is 0.00000264. The van der Waals surface area contributed by atoms with Crippen LogP contribution in [0, 0.1) is 5.92 Å². The molecule has 1 aromatic rings. The van der Waals surface area contributed by atoms with E-state index in [1.807, 2.05) is 12.1 Å². The molecule has 1 N–H and O–H groups in total. The Morgan fingerprint density at radius 1 is 1.35 bits per heavy atom. The maximum Gasteiger partial charge on any atom is 0.122 e. The Hall–Kier alpha value is -0.770. The molecule has 1 heterocycles. The molecule has 1 aromatic carbocycles. The number of aliphatic hydroxyl groups excluding tert-OH is 1. The summed E-state index contributed by atoms with van der Waals surface area (Å²) < 4.78 is 5.91. The van der Waals surface area contributed by atoms with Gasteiger partial charge < -0.3 is 14.7 Å². The molecule has 0 saturated carbocycles. The number of halogens is 1. The van der Waals surface area contributed by atoms with Crippen LogP contribution in [0.3, 0.4) is 0 Å². The molecule has 0 spiro atoms. The molecule has 1 aliphatic heterocycles. The van der Waals surface area contributed by atoms with Gasteiger partial charge in [-0.3, -0.25) is 0 Å². The number of para-hydroxylation sites is 1. The average Bonchev–Trinajstić information content (AvgIpc) is 2.52. The van der Waals surface area contributed by atoms with Crippen LogP contribution in [0.2, 0.25) is 0 Å². The monoisotopic (exact) mass is 341 g/mol. The lowest BCUT2D eigenvalue weighted by molar-refractivity contribution is 0.0534. The first-order valence-corrected chi connectivity index (χ1v) is 8.72. The van der Waals surface area contributed by atoms with E-state index in [-0.39, 0.29) is 12.4 Å². The second kappa shape index (κ2) is 10.2. The molecule has 1 saturated heterocycles. The number of benzene rings is 1. The maximum atomic E-state index is 10.3. The summed E-state index contributed by atoms with van der Waals surface area (Å²) in [7, 11) is 0. The highest BCUT2D eigenvalue weighted by Crippen LogP contribution is 2.28. The highest BCUT2D eigenvalue weighted by atomic mass is 35.5. The van der Waals surface area contributed by atoms with E-state index in [1.54, 1.807) is 0 Å². The van der Waals surface area contributed by atoms with Gasteiger partial charge in [0.2, 0.25) is 0 Å². The van der Waals surface area contributed by atoms with Crippen molar-refractivity contribution in [2.24, 2.45) is 5.92 Å². The van der Waals surface area contributed by atoms with E-state index < -0.39 is 6.10 Å². The van der Waals surface area contributed by atoms with E-state index in [9.17, 15) is 5.11 Å². The minimum absolute atomic E-state index is 0. The number of hydrogen-bond donors (Lipinski definition) is 1. The van der Waals surface area contributed by atoms with Crippen molar-refractivity contribution in [3.8, 4) is 5.75 Å². The van der Waals surface area contributed by atoms with E-state index in [0.717, 1.165) is 37.7 Å². The summed E-state index contributed by atoms with van der Waals surface area (Å²) in [6.45, 7) is 9.98. The third-order valence-corrected chi connectivity index (χ3v) is 4.70. The number of hydrogen-bond acceptors (Lipinski definition) is 3. The lowest BCUT2D eigenvalue weighted by atomic mass is 9.98. The van der Waals surface area contributed by atoms with Crippen LogP contribution in [0.15, 0.2) is 24.3 Å². The molecule has 0 amide bonds. The average molecular weight is 342 g/mol. The van der Waals surface area contributed by atoms with Gasteiger partial charge in [0.15, 0.2) is 0 Å². The third-order valence-electron chi connectivity index (χ3n) is 4.70. The molecule has 3 nitrogen and oxygen atoms in total. The Labute approximate surface area is 147 Å². The first-order chi connectivity index (χ1) is 10.6. The summed E-state index contributed by atoms with van der Waals surface area (Å²) in [6, 6.07) is 8.19. The van der Waals surface area contributed by atoms with Crippen molar-refractivity contribution in [3.05, 3.63) is 29.8 Å². The fourth-order valence-electron chi connectivity index (χ4n) is 3.23. The minimum Gasteiger partial charge on any atom is -0.491 e. The molecule has 3 atom stereocenters. The summed E-state index contributed by atoms with van der Waals surface area (Å²) in [6.07, 6.45) is 3.22. The highest BCUT2D eigenvalue weighted by molar-refractivity contribution is 5.85. The van der Waals surface area contributed by atoms with Crippen LogP contribution in [0.1, 0.15) is 51.5 Å². The van der Waals surface area contributed by atoms with Crippen LogP contribution in [0.5, 0.6) is 5.75 Å². The molecular weight excluding hydrogens is 310 g/mol. The first kappa shape index (κ1) is 20.3. The van der Waals surface area contributed by atoms with Crippen LogP contribution in [0.25, 0.3) is 0 Å². The Morgan fingerprint density at radius 2 is 2.09 bits per heavy atom. The van der Waals surface area contributed by atoms with Crippen LogP contribution >= 0.6 is 12.4 Å². The smallest absolute Gasteiger partial charge is 0.122 e. The van der Waals surface area contributed by atoms with Crippen molar-refractivity contribution in [2.75, 3.05) is 26.2 Å². The normalized spacial score (nSPS) is 21.3. The number of nitrogens with zero attached hydrogens (tertiary/aromatic N) is 1. The van der Waals surface area contributed by atoms with Gasteiger partial charge in [-0.25, -0.2) is 0 Å². The third kappa shape index (κ3) is 6.33. The molecule has 0 bridgehead atoms. The van der Waals surface area contributed by atoms with Crippen molar-refractivity contribution >= 4 is 12.4 Å². The Morgan fingerprint density at radius 3 is 2.78 bits per heavy atom. The van der Waals surface area contributed by atoms with Gasteiger partial charge >= 0.3 is 0 Å². The van der Waals surface area contributed by atoms with Crippen LogP contribution in [-0.2, 0) is 0 Å². The Bertz CT molecular complexity index is 455.